The van der Waals surface area contributed by atoms with Crippen molar-refractivity contribution in [3.05, 3.63) is 0 Å². The Morgan fingerprint density at radius 3 is 2.25 bits per heavy atom. The molecule has 3 rings (SSSR count). The number of rotatable bonds is 4. The van der Waals surface area contributed by atoms with Crippen LogP contribution in [0.25, 0.3) is 0 Å². The van der Waals surface area contributed by atoms with Gasteiger partial charge in [0.05, 0.1) is 17.7 Å². The predicted octanol–water partition coefficient (Wildman–Crippen LogP) is 3.82. The Hall–Kier alpha value is -0.450. The van der Waals surface area contributed by atoms with Crippen LogP contribution in [-0.2, 0) is 14.3 Å². The Kier molecular flexibility index (Phi) is 7.70. The molecule has 0 radical (unpaired) electrons. The molecule has 0 bridgehead atoms. The van der Waals surface area contributed by atoms with Crippen molar-refractivity contribution in [2.24, 2.45) is 5.92 Å². The minimum Gasteiger partial charge on any atom is -0.379 e. The molecule has 140 valence electrons. The van der Waals surface area contributed by atoms with E-state index < -0.39 is 0 Å². The summed E-state index contributed by atoms with van der Waals surface area (Å²) in [5.74, 6) is 0.615. The van der Waals surface area contributed by atoms with E-state index in [4.69, 9.17) is 9.47 Å². The van der Waals surface area contributed by atoms with Crippen LogP contribution < -0.4 is 0 Å². The fourth-order valence-electron chi connectivity index (χ4n) is 4.25. The molecule has 4 nitrogen and oxygen atoms in total. The molecule has 2 saturated heterocycles. The Labute approximate surface area is 148 Å². The van der Waals surface area contributed by atoms with E-state index >= 15 is 0 Å². The second kappa shape index (κ2) is 9.30. The van der Waals surface area contributed by atoms with Crippen molar-refractivity contribution in [3.8, 4) is 0 Å². The number of aldehydes is 1. The minimum atomic E-state index is 0.0417. The van der Waals surface area contributed by atoms with Gasteiger partial charge in [-0.1, -0.05) is 12.8 Å². The molecule has 2 aliphatic heterocycles. The first-order valence-corrected chi connectivity index (χ1v) is 9.84. The molecule has 0 aromatic heterocycles. The number of ether oxygens (including phenoxy) is 2. The van der Waals surface area contributed by atoms with Gasteiger partial charge in [-0.25, -0.2) is 0 Å². The van der Waals surface area contributed by atoms with E-state index in [9.17, 15) is 4.79 Å². The Morgan fingerprint density at radius 1 is 1.08 bits per heavy atom. The topological polar surface area (TPSA) is 38.8 Å². The van der Waals surface area contributed by atoms with Gasteiger partial charge < -0.3 is 14.3 Å². The standard InChI is InChI=1S/C15H25NO2.C5H12O/c17-11-14(12-5-1-2-6-12)16-9-3-7-13(16)15-8-4-10-18-15;1-5(2,3)6-4/h11-15H,1-10H2;1-4H3. The summed E-state index contributed by atoms with van der Waals surface area (Å²) >= 11 is 0. The van der Waals surface area contributed by atoms with Crippen molar-refractivity contribution in [2.75, 3.05) is 20.3 Å². The second-order valence-electron chi connectivity index (χ2n) is 8.49. The molecular weight excluding hydrogens is 302 g/mol. The van der Waals surface area contributed by atoms with Gasteiger partial charge in [-0.3, -0.25) is 4.90 Å². The van der Waals surface area contributed by atoms with Crippen molar-refractivity contribution < 1.29 is 14.3 Å². The van der Waals surface area contributed by atoms with Crippen molar-refractivity contribution in [1.82, 2.24) is 4.90 Å². The van der Waals surface area contributed by atoms with E-state index in [0.717, 1.165) is 13.2 Å². The first-order chi connectivity index (χ1) is 11.5. The summed E-state index contributed by atoms with van der Waals surface area (Å²) < 4.78 is 10.8. The highest BCUT2D eigenvalue weighted by Crippen LogP contribution is 2.35. The van der Waals surface area contributed by atoms with Crippen LogP contribution in [0.15, 0.2) is 0 Å². The quantitative estimate of drug-likeness (QED) is 0.730. The number of likely N-dealkylation sites (tertiary alicyclic amines) is 1. The molecule has 1 saturated carbocycles. The summed E-state index contributed by atoms with van der Waals surface area (Å²) in [6, 6.07) is 0.687. The van der Waals surface area contributed by atoms with Crippen LogP contribution in [0.1, 0.15) is 72.1 Å². The molecule has 3 aliphatic rings. The lowest BCUT2D eigenvalue weighted by Gasteiger charge is -2.35. The highest BCUT2D eigenvalue weighted by atomic mass is 16.5. The van der Waals surface area contributed by atoms with Gasteiger partial charge in [0.1, 0.15) is 6.29 Å². The molecule has 0 N–H and O–H groups in total. The van der Waals surface area contributed by atoms with Crippen LogP contribution in [0.4, 0.5) is 0 Å². The zero-order chi connectivity index (χ0) is 17.6. The summed E-state index contributed by atoms with van der Waals surface area (Å²) in [4.78, 5) is 14.0. The van der Waals surface area contributed by atoms with Crippen molar-refractivity contribution in [2.45, 2.75) is 95.9 Å². The third-order valence-corrected chi connectivity index (χ3v) is 5.75. The highest BCUT2D eigenvalue weighted by Gasteiger charge is 2.40. The summed E-state index contributed by atoms with van der Waals surface area (Å²) in [7, 11) is 1.71. The minimum absolute atomic E-state index is 0.0417. The molecule has 1 aliphatic carbocycles. The molecule has 3 unspecified atom stereocenters. The largest absolute Gasteiger partial charge is 0.379 e. The zero-order valence-corrected chi connectivity index (χ0v) is 16.1. The average Bonchev–Trinajstić information content (AvgIpc) is 3.30. The Bertz CT molecular complexity index is 368. The van der Waals surface area contributed by atoms with Gasteiger partial charge in [-0.15, -0.1) is 0 Å². The van der Waals surface area contributed by atoms with E-state index in [1.54, 1.807) is 7.11 Å². The lowest BCUT2D eigenvalue weighted by molar-refractivity contribution is -0.115. The van der Waals surface area contributed by atoms with E-state index in [1.807, 2.05) is 20.8 Å². The molecule has 2 heterocycles. The van der Waals surface area contributed by atoms with Crippen molar-refractivity contribution in [3.63, 3.8) is 0 Å². The summed E-state index contributed by atoms with van der Waals surface area (Å²) in [6.45, 7) is 8.08. The molecule has 0 amide bonds. The lowest BCUT2D eigenvalue weighted by Crippen LogP contribution is -2.48. The van der Waals surface area contributed by atoms with Crippen LogP contribution in [0.5, 0.6) is 0 Å². The third-order valence-electron chi connectivity index (χ3n) is 5.75. The number of nitrogens with zero attached hydrogens (tertiary/aromatic N) is 1. The van der Waals surface area contributed by atoms with Gasteiger partial charge in [0, 0.05) is 19.8 Å². The second-order valence-corrected chi connectivity index (χ2v) is 8.49. The van der Waals surface area contributed by atoms with E-state index in [0.29, 0.717) is 18.1 Å². The molecule has 0 aromatic rings. The molecule has 4 heteroatoms. The number of hydrogen-bond acceptors (Lipinski definition) is 4. The van der Waals surface area contributed by atoms with E-state index in [2.05, 4.69) is 4.90 Å². The van der Waals surface area contributed by atoms with E-state index in [1.165, 1.54) is 57.7 Å². The SMILES string of the molecule is COC(C)(C)C.O=CC(C1CCCC1)N1CCCC1C1CCCO1. The number of carbonyl (C=O) groups is 1. The summed E-state index contributed by atoms with van der Waals surface area (Å²) in [5, 5.41) is 0. The number of methoxy groups -OCH3 is 1. The molecule has 24 heavy (non-hydrogen) atoms. The first kappa shape index (κ1) is 19.9. The van der Waals surface area contributed by atoms with Gasteiger partial charge in [0.2, 0.25) is 0 Å². The maximum Gasteiger partial charge on any atom is 0.137 e. The van der Waals surface area contributed by atoms with Gasteiger partial charge in [0.15, 0.2) is 0 Å². The van der Waals surface area contributed by atoms with Gasteiger partial charge >= 0.3 is 0 Å². The van der Waals surface area contributed by atoms with Gasteiger partial charge in [0.25, 0.3) is 0 Å². The monoisotopic (exact) mass is 339 g/mol. The van der Waals surface area contributed by atoms with Crippen molar-refractivity contribution in [1.29, 1.82) is 0 Å². The maximum absolute atomic E-state index is 11.6. The van der Waals surface area contributed by atoms with Crippen LogP contribution in [0.3, 0.4) is 0 Å². The van der Waals surface area contributed by atoms with Crippen LogP contribution in [-0.4, -0.2) is 55.2 Å². The normalized spacial score (nSPS) is 30.2. The predicted molar refractivity (Wildman–Crippen MR) is 97.3 cm³/mol. The maximum atomic E-state index is 11.6. The smallest absolute Gasteiger partial charge is 0.137 e. The summed E-state index contributed by atoms with van der Waals surface area (Å²) in [5.41, 5.74) is 0.0417. The van der Waals surface area contributed by atoms with Crippen molar-refractivity contribution >= 4 is 6.29 Å². The van der Waals surface area contributed by atoms with Crippen LogP contribution in [0.2, 0.25) is 0 Å². The lowest BCUT2D eigenvalue weighted by atomic mass is 9.95. The molecule has 0 aromatic carbocycles. The number of hydrogen-bond donors (Lipinski definition) is 0. The van der Waals surface area contributed by atoms with E-state index in [-0.39, 0.29) is 11.6 Å². The fourth-order valence-corrected chi connectivity index (χ4v) is 4.25. The Morgan fingerprint density at radius 2 is 1.75 bits per heavy atom. The Balaban J connectivity index is 0.000000301. The average molecular weight is 340 g/mol. The van der Waals surface area contributed by atoms with Gasteiger partial charge in [-0.2, -0.15) is 0 Å². The number of carbonyl (C=O) groups excluding carboxylic acids is 1. The molecule has 0 spiro atoms. The highest BCUT2D eigenvalue weighted by molar-refractivity contribution is 5.58. The van der Waals surface area contributed by atoms with Gasteiger partial charge in [-0.05, 0) is 71.8 Å². The molecule has 3 fully saturated rings. The molecule has 3 atom stereocenters. The van der Waals surface area contributed by atoms with Crippen LogP contribution in [0, 0.1) is 5.92 Å². The first-order valence-electron chi connectivity index (χ1n) is 9.84. The van der Waals surface area contributed by atoms with Crippen LogP contribution >= 0.6 is 0 Å². The molecular formula is C20H37NO3. The zero-order valence-electron chi connectivity index (χ0n) is 16.1. The third kappa shape index (κ3) is 5.53. The fraction of sp³-hybridized carbons (Fsp3) is 0.950. The summed E-state index contributed by atoms with van der Waals surface area (Å²) in [6.07, 6.45) is 11.6.